The molecule has 0 spiro atoms. The number of aliphatic carboxylic acids is 1. The number of anilines is 1. The molecule has 19 heavy (non-hydrogen) atoms. The summed E-state index contributed by atoms with van der Waals surface area (Å²) < 4.78 is 1.09. The zero-order chi connectivity index (χ0) is 13.7. The fraction of sp³-hybridized carbons (Fsp3) is 0.214. The third kappa shape index (κ3) is 4.36. The molecule has 0 amide bonds. The molecule has 0 aliphatic rings. The quantitative estimate of drug-likeness (QED) is 0.864. The molecule has 0 radical (unpaired) electrons. The average molecular weight is 340 g/mol. The molecule has 0 fully saturated rings. The fourth-order valence-electron chi connectivity index (χ4n) is 1.82. The van der Waals surface area contributed by atoms with Crippen molar-refractivity contribution in [1.29, 1.82) is 0 Å². The van der Waals surface area contributed by atoms with Crippen molar-refractivity contribution in [1.82, 2.24) is 0 Å². The Morgan fingerprint density at radius 1 is 1.32 bits per heavy atom. The van der Waals surface area contributed by atoms with Gasteiger partial charge in [-0.3, -0.25) is 4.79 Å². The van der Waals surface area contributed by atoms with Gasteiger partial charge in [0.1, 0.15) is 0 Å². The van der Waals surface area contributed by atoms with Crippen LogP contribution in [-0.4, -0.2) is 17.6 Å². The van der Waals surface area contributed by atoms with E-state index >= 15 is 0 Å². The smallest absolute Gasteiger partial charge is 0.305 e. The van der Waals surface area contributed by atoms with Crippen LogP contribution in [0.2, 0.25) is 0 Å². The Morgan fingerprint density at radius 2 is 2.05 bits per heavy atom. The van der Waals surface area contributed by atoms with Gasteiger partial charge in [-0.25, -0.2) is 0 Å². The molecule has 1 N–H and O–H groups in total. The van der Waals surface area contributed by atoms with E-state index in [9.17, 15) is 4.79 Å². The van der Waals surface area contributed by atoms with Crippen LogP contribution in [0.3, 0.4) is 0 Å². The van der Waals surface area contributed by atoms with Crippen molar-refractivity contribution in [3.8, 4) is 0 Å². The van der Waals surface area contributed by atoms with Crippen LogP contribution in [-0.2, 0) is 11.3 Å². The normalized spacial score (nSPS) is 10.4. The maximum atomic E-state index is 10.8. The Labute approximate surface area is 124 Å². The zero-order valence-corrected chi connectivity index (χ0v) is 12.7. The Balaban J connectivity index is 2.12. The van der Waals surface area contributed by atoms with Gasteiger partial charge >= 0.3 is 5.97 Å². The number of carbonyl (C=O) groups is 1. The van der Waals surface area contributed by atoms with Crippen molar-refractivity contribution < 1.29 is 9.90 Å². The molecular weight excluding hydrogens is 326 g/mol. The SMILES string of the molecule is O=C(O)CCN(Cc1csc(Br)c1)c1ccccc1. The van der Waals surface area contributed by atoms with E-state index in [1.54, 1.807) is 11.3 Å². The zero-order valence-electron chi connectivity index (χ0n) is 10.3. The van der Waals surface area contributed by atoms with Gasteiger partial charge in [-0.15, -0.1) is 11.3 Å². The largest absolute Gasteiger partial charge is 0.481 e. The lowest BCUT2D eigenvalue weighted by atomic mass is 10.2. The van der Waals surface area contributed by atoms with Crippen molar-refractivity contribution in [2.75, 3.05) is 11.4 Å². The highest BCUT2D eigenvalue weighted by atomic mass is 79.9. The second kappa shape index (κ2) is 6.73. The first-order valence-corrected chi connectivity index (χ1v) is 7.57. The molecule has 5 heteroatoms. The summed E-state index contributed by atoms with van der Waals surface area (Å²) >= 11 is 5.09. The standard InChI is InChI=1S/C14H14BrNO2S/c15-13-8-11(10-19-13)9-16(7-6-14(17)18)12-4-2-1-3-5-12/h1-5,8,10H,6-7,9H2,(H,17,18). The van der Waals surface area contributed by atoms with Crippen molar-refractivity contribution >= 4 is 38.9 Å². The number of halogens is 1. The Morgan fingerprint density at radius 3 is 2.63 bits per heavy atom. The minimum absolute atomic E-state index is 0.139. The molecule has 0 atom stereocenters. The Kier molecular flexibility index (Phi) is 4.99. The summed E-state index contributed by atoms with van der Waals surface area (Å²) in [7, 11) is 0. The summed E-state index contributed by atoms with van der Waals surface area (Å²) in [4.78, 5) is 12.8. The second-order valence-electron chi connectivity index (χ2n) is 4.16. The van der Waals surface area contributed by atoms with Gasteiger partial charge in [-0.1, -0.05) is 18.2 Å². The molecule has 1 aromatic heterocycles. The van der Waals surface area contributed by atoms with E-state index in [2.05, 4.69) is 32.3 Å². The third-order valence-corrected chi connectivity index (χ3v) is 4.27. The molecule has 0 unspecified atom stereocenters. The summed E-state index contributed by atoms with van der Waals surface area (Å²) in [5.74, 6) is -0.771. The van der Waals surface area contributed by atoms with E-state index in [1.807, 2.05) is 30.3 Å². The van der Waals surface area contributed by atoms with Gasteiger partial charge in [-0.2, -0.15) is 0 Å². The van der Waals surface area contributed by atoms with Gasteiger partial charge < -0.3 is 10.0 Å². The molecule has 0 aliphatic carbocycles. The highest BCUT2D eigenvalue weighted by Crippen LogP contribution is 2.24. The number of rotatable bonds is 6. The molecule has 2 rings (SSSR count). The number of benzene rings is 1. The monoisotopic (exact) mass is 339 g/mol. The predicted molar refractivity (Wildman–Crippen MR) is 81.8 cm³/mol. The van der Waals surface area contributed by atoms with Crippen molar-refractivity contribution in [3.63, 3.8) is 0 Å². The Bertz CT molecular complexity index is 541. The van der Waals surface area contributed by atoms with Crippen LogP contribution >= 0.6 is 27.3 Å². The van der Waals surface area contributed by atoms with Gasteiger partial charge in [0.05, 0.1) is 10.2 Å². The number of carboxylic acid groups (broad SMARTS) is 1. The van der Waals surface area contributed by atoms with Crippen molar-refractivity contribution in [3.05, 3.63) is 51.1 Å². The van der Waals surface area contributed by atoms with E-state index < -0.39 is 5.97 Å². The summed E-state index contributed by atoms with van der Waals surface area (Å²) in [6, 6.07) is 12.0. The molecule has 100 valence electrons. The minimum Gasteiger partial charge on any atom is -0.481 e. The number of nitrogens with zero attached hydrogens (tertiary/aromatic N) is 1. The first-order valence-electron chi connectivity index (χ1n) is 5.90. The van der Waals surface area contributed by atoms with Crippen molar-refractivity contribution in [2.24, 2.45) is 0 Å². The number of hydrogen-bond acceptors (Lipinski definition) is 3. The van der Waals surface area contributed by atoms with Crippen LogP contribution < -0.4 is 4.90 Å². The first kappa shape index (κ1) is 14.1. The van der Waals surface area contributed by atoms with E-state index in [1.165, 1.54) is 5.56 Å². The number of para-hydroxylation sites is 1. The highest BCUT2D eigenvalue weighted by Gasteiger charge is 2.10. The number of hydrogen-bond donors (Lipinski definition) is 1. The van der Waals surface area contributed by atoms with Crippen LogP contribution in [0.1, 0.15) is 12.0 Å². The first-order chi connectivity index (χ1) is 9.15. The third-order valence-electron chi connectivity index (χ3n) is 2.71. The van der Waals surface area contributed by atoms with Gasteiger partial charge in [0.15, 0.2) is 0 Å². The Hall–Kier alpha value is -1.33. The fourth-order valence-corrected chi connectivity index (χ4v) is 3.02. The van der Waals surface area contributed by atoms with Gasteiger partial charge in [0, 0.05) is 18.8 Å². The molecule has 1 heterocycles. The van der Waals surface area contributed by atoms with E-state index in [4.69, 9.17) is 5.11 Å². The highest BCUT2D eigenvalue weighted by molar-refractivity contribution is 9.11. The van der Waals surface area contributed by atoms with Crippen LogP contribution in [0.25, 0.3) is 0 Å². The summed E-state index contributed by atoms with van der Waals surface area (Å²) in [6.45, 7) is 1.23. The van der Waals surface area contributed by atoms with Crippen LogP contribution in [0, 0.1) is 0 Å². The summed E-state index contributed by atoms with van der Waals surface area (Å²) in [5.41, 5.74) is 2.23. The molecule has 0 saturated carbocycles. The van der Waals surface area contributed by atoms with Crippen molar-refractivity contribution in [2.45, 2.75) is 13.0 Å². The number of carboxylic acids is 1. The molecule has 3 nitrogen and oxygen atoms in total. The maximum absolute atomic E-state index is 10.8. The topological polar surface area (TPSA) is 40.5 Å². The van der Waals surface area contributed by atoms with E-state index in [0.29, 0.717) is 6.54 Å². The predicted octanol–water partition coefficient (Wildman–Crippen LogP) is 3.99. The van der Waals surface area contributed by atoms with Crippen LogP contribution in [0.5, 0.6) is 0 Å². The van der Waals surface area contributed by atoms with Crippen LogP contribution in [0.4, 0.5) is 5.69 Å². The molecule has 1 aromatic carbocycles. The molecule has 0 aliphatic heterocycles. The van der Waals surface area contributed by atoms with Gasteiger partial charge in [0.25, 0.3) is 0 Å². The average Bonchev–Trinajstić information content (AvgIpc) is 2.81. The maximum Gasteiger partial charge on any atom is 0.305 e. The second-order valence-corrected chi connectivity index (χ2v) is 6.45. The van der Waals surface area contributed by atoms with Crippen LogP contribution in [0.15, 0.2) is 45.6 Å². The van der Waals surface area contributed by atoms with E-state index in [0.717, 1.165) is 16.0 Å². The minimum atomic E-state index is -0.771. The lowest BCUT2D eigenvalue weighted by molar-refractivity contribution is -0.136. The van der Waals surface area contributed by atoms with E-state index in [-0.39, 0.29) is 6.42 Å². The lowest BCUT2D eigenvalue weighted by Gasteiger charge is -2.23. The van der Waals surface area contributed by atoms with Gasteiger partial charge in [-0.05, 0) is 45.1 Å². The lowest BCUT2D eigenvalue weighted by Crippen LogP contribution is -2.25. The molecule has 0 bridgehead atoms. The molecule has 0 saturated heterocycles. The molecular formula is C14H14BrNO2S. The molecule has 2 aromatic rings. The van der Waals surface area contributed by atoms with Gasteiger partial charge in [0.2, 0.25) is 0 Å². The number of thiophene rings is 1. The summed E-state index contributed by atoms with van der Waals surface area (Å²) in [6.07, 6.45) is 0.139. The summed E-state index contributed by atoms with van der Waals surface area (Å²) in [5, 5.41) is 10.9.